The molecule has 1 fully saturated rings. The molecule has 0 bridgehead atoms. The standard InChI is InChI=1S/C19H28N2O/c1-14-10-15(2)13-21(12-14)9-8-19(22)20-18-7-6-16-4-3-5-17(16)11-18/h6-7,11,14-15H,3-5,8-10,12-13H2,1-2H3,(H,20,22)/p+1. The topological polar surface area (TPSA) is 33.5 Å². The van der Waals surface area contributed by atoms with Gasteiger partial charge in [-0.2, -0.15) is 0 Å². The van der Waals surface area contributed by atoms with Gasteiger partial charge in [-0.15, -0.1) is 0 Å². The highest BCUT2D eigenvalue weighted by Crippen LogP contribution is 2.24. The largest absolute Gasteiger partial charge is 0.334 e. The Labute approximate surface area is 134 Å². The predicted octanol–water partition coefficient (Wildman–Crippen LogP) is 2.06. The number of fused-ring (bicyclic) bond motifs is 1. The van der Waals surface area contributed by atoms with Crippen molar-refractivity contribution in [1.82, 2.24) is 0 Å². The number of hydrogen-bond donors (Lipinski definition) is 2. The zero-order chi connectivity index (χ0) is 15.5. The van der Waals surface area contributed by atoms with Crippen molar-refractivity contribution in [2.45, 2.75) is 46.0 Å². The summed E-state index contributed by atoms with van der Waals surface area (Å²) >= 11 is 0. The summed E-state index contributed by atoms with van der Waals surface area (Å²) in [6.07, 6.45) is 5.57. The molecule has 1 heterocycles. The van der Waals surface area contributed by atoms with E-state index in [0.717, 1.165) is 30.5 Å². The van der Waals surface area contributed by atoms with Crippen LogP contribution < -0.4 is 10.2 Å². The third-order valence-corrected chi connectivity index (χ3v) is 5.17. The Morgan fingerprint density at radius 2 is 1.91 bits per heavy atom. The summed E-state index contributed by atoms with van der Waals surface area (Å²) in [5.41, 5.74) is 3.85. The zero-order valence-corrected chi connectivity index (χ0v) is 14.0. The number of quaternary nitrogens is 1. The van der Waals surface area contributed by atoms with Gasteiger partial charge in [0.15, 0.2) is 0 Å². The normalized spacial score (nSPS) is 27.5. The van der Waals surface area contributed by atoms with Crippen LogP contribution >= 0.6 is 0 Å². The molecule has 1 amide bonds. The van der Waals surface area contributed by atoms with Gasteiger partial charge in [0, 0.05) is 17.5 Å². The molecular formula is C19H29N2O+. The summed E-state index contributed by atoms with van der Waals surface area (Å²) < 4.78 is 0. The van der Waals surface area contributed by atoms with E-state index < -0.39 is 0 Å². The smallest absolute Gasteiger partial charge is 0.230 e. The molecule has 120 valence electrons. The monoisotopic (exact) mass is 301 g/mol. The first-order valence-electron chi connectivity index (χ1n) is 8.85. The van der Waals surface area contributed by atoms with Crippen LogP contribution in [0.5, 0.6) is 0 Å². The van der Waals surface area contributed by atoms with Gasteiger partial charge in [-0.3, -0.25) is 4.79 Å². The van der Waals surface area contributed by atoms with E-state index in [1.165, 1.54) is 43.5 Å². The van der Waals surface area contributed by atoms with E-state index in [4.69, 9.17) is 0 Å². The van der Waals surface area contributed by atoms with Crippen LogP contribution in [0.25, 0.3) is 0 Å². The van der Waals surface area contributed by atoms with Gasteiger partial charge >= 0.3 is 0 Å². The minimum absolute atomic E-state index is 0.163. The molecule has 2 N–H and O–H groups in total. The molecule has 1 aromatic rings. The number of aryl methyl sites for hydroxylation is 2. The maximum Gasteiger partial charge on any atom is 0.230 e. The van der Waals surface area contributed by atoms with Crippen molar-refractivity contribution in [3.8, 4) is 0 Å². The Balaban J connectivity index is 1.48. The molecule has 3 rings (SSSR count). The second-order valence-corrected chi connectivity index (χ2v) is 7.49. The summed E-state index contributed by atoms with van der Waals surface area (Å²) in [7, 11) is 0. The van der Waals surface area contributed by atoms with Crippen LogP contribution in [0.2, 0.25) is 0 Å². The number of nitrogens with one attached hydrogen (secondary N) is 2. The quantitative estimate of drug-likeness (QED) is 0.877. The van der Waals surface area contributed by atoms with Crippen molar-refractivity contribution in [3.63, 3.8) is 0 Å². The highest BCUT2D eigenvalue weighted by Gasteiger charge is 2.25. The number of amides is 1. The van der Waals surface area contributed by atoms with Crippen LogP contribution in [0.1, 0.15) is 44.2 Å². The highest BCUT2D eigenvalue weighted by molar-refractivity contribution is 5.90. The first kappa shape index (κ1) is 15.5. The SMILES string of the molecule is CC1CC(C)C[NH+](CCC(=O)Nc2ccc3c(c2)CCC3)C1. The lowest BCUT2D eigenvalue weighted by molar-refractivity contribution is -0.911. The van der Waals surface area contributed by atoms with Gasteiger partial charge in [0.2, 0.25) is 5.91 Å². The maximum atomic E-state index is 12.2. The molecule has 0 aromatic heterocycles. The van der Waals surface area contributed by atoms with Crippen LogP contribution in [-0.4, -0.2) is 25.5 Å². The first-order chi connectivity index (χ1) is 10.6. The fourth-order valence-electron chi connectivity index (χ4n) is 4.29. The van der Waals surface area contributed by atoms with Gasteiger partial charge in [-0.25, -0.2) is 0 Å². The summed E-state index contributed by atoms with van der Waals surface area (Å²) in [6, 6.07) is 6.40. The molecule has 2 aliphatic rings. The van der Waals surface area contributed by atoms with Gasteiger partial charge in [0.05, 0.1) is 26.1 Å². The fraction of sp³-hybridized carbons (Fsp3) is 0.632. The van der Waals surface area contributed by atoms with E-state index in [2.05, 4.69) is 37.4 Å². The third-order valence-electron chi connectivity index (χ3n) is 5.17. The van der Waals surface area contributed by atoms with E-state index in [-0.39, 0.29) is 5.91 Å². The molecule has 1 aliphatic carbocycles. The van der Waals surface area contributed by atoms with Crippen LogP contribution in [0.3, 0.4) is 0 Å². The van der Waals surface area contributed by atoms with Crippen molar-refractivity contribution in [3.05, 3.63) is 29.3 Å². The van der Waals surface area contributed by atoms with Crippen LogP contribution in [0.4, 0.5) is 5.69 Å². The first-order valence-corrected chi connectivity index (χ1v) is 8.85. The number of piperidine rings is 1. The van der Waals surface area contributed by atoms with Crippen LogP contribution in [-0.2, 0) is 17.6 Å². The second-order valence-electron chi connectivity index (χ2n) is 7.49. The molecule has 3 heteroatoms. The van der Waals surface area contributed by atoms with Crippen molar-refractivity contribution in [2.24, 2.45) is 11.8 Å². The molecule has 22 heavy (non-hydrogen) atoms. The van der Waals surface area contributed by atoms with E-state index >= 15 is 0 Å². The lowest BCUT2D eigenvalue weighted by atomic mass is 9.92. The zero-order valence-electron chi connectivity index (χ0n) is 14.0. The Morgan fingerprint density at radius 1 is 1.18 bits per heavy atom. The third kappa shape index (κ3) is 3.89. The summed E-state index contributed by atoms with van der Waals surface area (Å²) in [5, 5.41) is 3.08. The Bertz CT molecular complexity index is 530. The van der Waals surface area contributed by atoms with Gasteiger partial charge in [0.1, 0.15) is 0 Å². The summed E-state index contributed by atoms with van der Waals surface area (Å²) in [6.45, 7) is 8.07. The number of anilines is 1. The Hall–Kier alpha value is -1.35. The van der Waals surface area contributed by atoms with E-state index in [0.29, 0.717) is 6.42 Å². The van der Waals surface area contributed by atoms with Gasteiger partial charge in [-0.05, 0) is 48.9 Å². The number of likely N-dealkylation sites (tertiary alicyclic amines) is 1. The molecule has 3 nitrogen and oxygen atoms in total. The molecular weight excluding hydrogens is 272 g/mol. The average Bonchev–Trinajstić information content (AvgIpc) is 2.92. The van der Waals surface area contributed by atoms with Crippen molar-refractivity contribution >= 4 is 11.6 Å². The van der Waals surface area contributed by atoms with Crippen molar-refractivity contribution < 1.29 is 9.69 Å². The molecule has 2 unspecified atom stereocenters. The molecule has 0 saturated carbocycles. The second kappa shape index (κ2) is 6.82. The summed E-state index contributed by atoms with van der Waals surface area (Å²) in [4.78, 5) is 13.8. The minimum atomic E-state index is 0.163. The summed E-state index contributed by atoms with van der Waals surface area (Å²) in [5.74, 6) is 1.74. The highest BCUT2D eigenvalue weighted by atomic mass is 16.1. The molecule has 1 saturated heterocycles. The minimum Gasteiger partial charge on any atom is -0.334 e. The van der Waals surface area contributed by atoms with E-state index in [1.54, 1.807) is 4.90 Å². The van der Waals surface area contributed by atoms with Gasteiger partial charge < -0.3 is 10.2 Å². The van der Waals surface area contributed by atoms with E-state index in [1.807, 2.05) is 0 Å². The number of hydrogen-bond acceptors (Lipinski definition) is 1. The lowest BCUT2D eigenvalue weighted by Gasteiger charge is -2.31. The number of carbonyl (C=O) groups is 1. The van der Waals surface area contributed by atoms with Gasteiger partial charge in [-0.1, -0.05) is 19.9 Å². The van der Waals surface area contributed by atoms with Gasteiger partial charge in [0.25, 0.3) is 0 Å². The molecule has 2 atom stereocenters. The fourth-order valence-corrected chi connectivity index (χ4v) is 4.29. The predicted molar refractivity (Wildman–Crippen MR) is 90.2 cm³/mol. The Morgan fingerprint density at radius 3 is 2.68 bits per heavy atom. The molecule has 0 radical (unpaired) electrons. The molecule has 0 spiro atoms. The van der Waals surface area contributed by atoms with Crippen LogP contribution in [0, 0.1) is 11.8 Å². The van der Waals surface area contributed by atoms with Crippen molar-refractivity contribution in [1.29, 1.82) is 0 Å². The number of carbonyl (C=O) groups excluding carboxylic acids is 1. The Kier molecular flexibility index (Phi) is 4.82. The average molecular weight is 301 g/mol. The van der Waals surface area contributed by atoms with Crippen LogP contribution in [0.15, 0.2) is 18.2 Å². The van der Waals surface area contributed by atoms with Crippen molar-refractivity contribution in [2.75, 3.05) is 25.0 Å². The van der Waals surface area contributed by atoms with E-state index in [9.17, 15) is 4.79 Å². The molecule has 1 aromatic carbocycles. The lowest BCUT2D eigenvalue weighted by Crippen LogP contribution is -3.14. The number of rotatable bonds is 4. The molecule has 1 aliphatic heterocycles. The maximum absolute atomic E-state index is 12.2. The number of benzene rings is 1.